The molecular weight excluding hydrogens is 175 g/mol. The fourth-order valence-corrected chi connectivity index (χ4v) is 1.28. The molecule has 0 saturated carbocycles. The van der Waals surface area contributed by atoms with Crippen LogP contribution in [0.2, 0.25) is 0 Å². The van der Waals surface area contributed by atoms with E-state index in [0.717, 1.165) is 0 Å². The first-order valence-electron chi connectivity index (χ1n) is 4.42. The van der Waals surface area contributed by atoms with Gasteiger partial charge < -0.3 is 15.7 Å². The first-order chi connectivity index (χ1) is 6.13. The quantitative estimate of drug-likeness (QED) is 0.545. The van der Waals surface area contributed by atoms with Crippen molar-refractivity contribution in [3.63, 3.8) is 0 Å². The maximum atomic E-state index is 12.7. The van der Waals surface area contributed by atoms with E-state index in [1.807, 2.05) is 0 Å². The highest BCUT2D eigenvalue weighted by molar-refractivity contribution is 5.82. The van der Waals surface area contributed by atoms with Gasteiger partial charge in [0.05, 0.1) is 12.6 Å². The van der Waals surface area contributed by atoms with E-state index in [2.05, 4.69) is 10.6 Å². The summed E-state index contributed by atoms with van der Waals surface area (Å²) >= 11 is 0. The summed E-state index contributed by atoms with van der Waals surface area (Å²) in [7, 11) is 0. The molecule has 0 radical (unpaired) electrons. The van der Waals surface area contributed by atoms with E-state index in [1.54, 1.807) is 6.92 Å². The molecule has 0 aromatic heterocycles. The van der Waals surface area contributed by atoms with Gasteiger partial charge in [0.15, 0.2) is 0 Å². The standard InChI is InChI=1S/C8H15FN2O2/c1-5(4-12)11-8(13)7-2-6(9)3-10-7/h5-7,10,12H,2-4H2,1H3,(H,11,13)/t5?,6-,7+/m0/s1. The number of carbonyl (C=O) groups excluding carboxylic acids is 1. The lowest BCUT2D eigenvalue weighted by Crippen LogP contribution is -2.45. The van der Waals surface area contributed by atoms with Crippen molar-refractivity contribution in [3.05, 3.63) is 0 Å². The lowest BCUT2D eigenvalue weighted by molar-refractivity contribution is -0.123. The summed E-state index contributed by atoms with van der Waals surface area (Å²) in [5, 5.41) is 14.0. The Kier molecular flexibility index (Phi) is 3.62. The number of rotatable bonds is 3. The van der Waals surface area contributed by atoms with Crippen molar-refractivity contribution in [2.75, 3.05) is 13.2 Å². The van der Waals surface area contributed by atoms with Crippen molar-refractivity contribution in [2.24, 2.45) is 0 Å². The van der Waals surface area contributed by atoms with Gasteiger partial charge in [-0.3, -0.25) is 4.79 Å². The third-order valence-electron chi connectivity index (χ3n) is 2.06. The second kappa shape index (κ2) is 4.53. The van der Waals surface area contributed by atoms with Crippen molar-refractivity contribution >= 4 is 5.91 Å². The van der Waals surface area contributed by atoms with Crippen LogP contribution in [-0.4, -0.2) is 42.4 Å². The van der Waals surface area contributed by atoms with Gasteiger partial charge in [-0.05, 0) is 6.92 Å². The third kappa shape index (κ3) is 2.93. The molecule has 5 heteroatoms. The Morgan fingerprint density at radius 3 is 3.00 bits per heavy atom. The molecule has 76 valence electrons. The number of alkyl halides is 1. The lowest BCUT2D eigenvalue weighted by atomic mass is 10.2. The maximum absolute atomic E-state index is 12.7. The van der Waals surface area contributed by atoms with Crippen molar-refractivity contribution < 1.29 is 14.3 Å². The minimum absolute atomic E-state index is 0.0997. The van der Waals surface area contributed by atoms with Crippen molar-refractivity contribution in [1.29, 1.82) is 0 Å². The monoisotopic (exact) mass is 190 g/mol. The Balaban J connectivity index is 2.31. The molecule has 1 rings (SSSR count). The van der Waals surface area contributed by atoms with Crippen LogP contribution in [0.4, 0.5) is 4.39 Å². The molecule has 1 saturated heterocycles. The fourth-order valence-electron chi connectivity index (χ4n) is 1.28. The Labute approximate surface area is 76.5 Å². The molecule has 0 aromatic carbocycles. The predicted octanol–water partition coefficient (Wildman–Crippen LogP) is -0.817. The summed E-state index contributed by atoms with van der Waals surface area (Å²) in [6, 6.07) is -0.711. The van der Waals surface area contributed by atoms with Crippen molar-refractivity contribution in [1.82, 2.24) is 10.6 Å². The van der Waals surface area contributed by atoms with Gasteiger partial charge in [-0.1, -0.05) is 0 Å². The molecule has 1 heterocycles. The van der Waals surface area contributed by atoms with Crippen LogP contribution < -0.4 is 10.6 Å². The van der Waals surface area contributed by atoms with E-state index in [0.29, 0.717) is 0 Å². The predicted molar refractivity (Wildman–Crippen MR) is 46.0 cm³/mol. The fraction of sp³-hybridized carbons (Fsp3) is 0.875. The molecule has 0 spiro atoms. The molecule has 3 atom stereocenters. The molecule has 0 bridgehead atoms. The number of aliphatic hydroxyl groups excluding tert-OH is 1. The smallest absolute Gasteiger partial charge is 0.237 e. The molecule has 3 N–H and O–H groups in total. The Morgan fingerprint density at radius 1 is 1.85 bits per heavy atom. The number of aliphatic hydroxyl groups is 1. The minimum Gasteiger partial charge on any atom is -0.394 e. The summed E-state index contributed by atoms with van der Waals surface area (Å²) < 4.78 is 12.7. The maximum Gasteiger partial charge on any atom is 0.237 e. The zero-order valence-electron chi connectivity index (χ0n) is 7.59. The van der Waals surface area contributed by atoms with Gasteiger partial charge in [0.1, 0.15) is 6.17 Å². The Bertz CT molecular complexity index is 189. The van der Waals surface area contributed by atoms with E-state index < -0.39 is 12.2 Å². The van der Waals surface area contributed by atoms with Gasteiger partial charge in [-0.15, -0.1) is 0 Å². The van der Waals surface area contributed by atoms with Gasteiger partial charge in [-0.2, -0.15) is 0 Å². The van der Waals surface area contributed by atoms with Crippen molar-refractivity contribution in [2.45, 2.75) is 31.6 Å². The van der Waals surface area contributed by atoms with Crippen LogP contribution in [0.3, 0.4) is 0 Å². The molecule has 13 heavy (non-hydrogen) atoms. The van der Waals surface area contributed by atoms with Crippen LogP contribution in [0.15, 0.2) is 0 Å². The van der Waals surface area contributed by atoms with E-state index in [9.17, 15) is 9.18 Å². The summed E-state index contributed by atoms with van der Waals surface area (Å²) in [6.45, 7) is 1.84. The number of nitrogens with one attached hydrogen (secondary N) is 2. The molecule has 1 unspecified atom stereocenters. The molecule has 1 aliphatic rings. The number of hydrogen-bond donors (Lipinski definition) is 3. The van der Waals surface area contributed by atoms with E-state index in [-0.39, 0.29) is 31.5 Å². The average Bonchev–Trinajstić information content (AvgIpc) is 2.51. The molecule has 1 fully saturated rings. The SMILES string of the molecule is CC(CO)NC(=O)[C@H]1C[C@H](F)CN1. The summed E-state index contributed by atoms with van der Waals surface area (Å²) in [4.78, 5) is 11.3. The van der Waals surface area contributed by atoms with E-state index in [1.165, 1.54) is 0 Å². The van der Waals surface area contributed by atoms with Gasteiger partial charge in [0, 0.05) is 19.0 Å². The highest BCUT2D eigenvalue weighted by Crippen LogP contribution is 2.09. The van der Waals surface area contributed by atoms with Gasteiger partial charge in [-0.25, -0.2) is 4.39 Å². The zero-order chi connectivity index (χ0) is 9.84. The van der Waals surface area contributed by atoms with Gasteiger partial charge >= 0.3 is 0 Å². The average molecular weight is 190 g/mol. The number of hydrogen-bond acceptors (Lipinski definition) is 3. The number of carbonyl (C=O) groups is 1. The number of halogens is 1. The highest BCUT2D eigenvalue weighted by atomic mass is 19.1. The molecule has 0 aromatic rings. The largest absolute Gasteiger partial charge is 0.394 e. The normalized spacial score (nSPS) is 30.1. The van der Waals surface area contributed by atoms with Gasteiger partial charge in [0.2, 0.25) is 5.91 Å². The first-order valence-corrected chi connectivity index (χ1v) is 4.42. The molecule has 1 aliphatic heterocycles. The van der Waals surface area contributed by atoms with E-state index >= 15 is 0 Å². The molecule has 0 aliphatic carbocycles. The van der Waals surface area contributed by atoms with Crippen LogP contribution in [0, 0.1) is 0 Å². The number of amides is 1. The van der Waals surface area contributed by atoms with Crippen LogP contribution >= 0.6 is 0 Å². The first kappa shape index (κ1) is 10.4. The zero-order valence-corrected chi connectivity index (χ0v) is 7.59. The summed E-state index contributed by atoms with van der Waals surface area (Å²) in [5.41, 5.74) is 0. The van der Waals surface area contributed by atoms with Crippen LogP contribution in [-0.2, 0) is 4.79 Å². The van der Waals surface area contributed by atoms with Crippen LogP contribution in [0.5, 0.6) is 0 Å². The van der Waals surface area contributed by atoms with Crippen LogP contribution in [0.1, 0.15) is 13.3 Å². The molecular formula is C8H15FN2O2. The minimum atomic E-state index is -0.930. The third-order valence-corrected chi connectivity index (χ3v) is 2.06. The second-order valence-corrected chi connectivity index (χ2v) is 3.39. The summed E-state index contributed by atoms with van der Waals surface area (Å²) in [6.07, 6.45) is -0.704. The Morgan fingerprint density at radius 2 is 2.54 bits per heavy atom. The Hall–Kier alpha value is -0.680. The van der Waals surface area contributed by atoms with Crippen molar-refractivity contribution in [3.8, 4) is 0 Å². The van der Waals surface area contributed by atoms with Crippen LogP contribution in [0.25, 0.3) is 0 Å². The lowest BCUT2D eigenvalue weighted by Gasteiger charge is -2.14. The topological polar surface area (TPSA) is 61.4 Å². The highest BCUT2D eigenvalue weighted by Gasteiger charge is 2.29. The summed E-state index contributed by atoms with van der Waals surface area (Å²) in [5.74, 6) is -0.235. The second-order valence-electron chi connectivity index (χ2n) is 3.39. The van der Waals surface area contributed by atoms with Gasteiger partial charge in [0.25, 0.3) is 0 Å². The molecule has 1 amide bonds. The van der Waals surface area contributed by atoms with E-state index in [4.69, 9.17) is 5.11 Å². The molecule has 4 nitrogen and oxygen atoms in total.